The topological polar surface area (TPSA) is 46.2 Å². The largest absolute Gasteiger partial charge is 0.382 e. The molecule has 1 fully saturated rings. The number of hydrogen-bond acceptors (Lipinski definition) is 4. The smallest absolute Gasteiger partial charge is 0.0872 e. The summed E-state index contributed by atoms with van der Waals surface area (Å²) in [6, 6.07) is 3.91. The summed E-state index contributed by atoms with van der Waals surface area (Å²) in [4.78, 5) is 3.96. The molecule has 1 unspecified atom stereocenters. The molecule has 0 aliphatic carbocycles. The number of nitrogens with zero attached hydrogens (tertiary/aromatic N) is 1. The van der Waals surface area contributed by atoms with Crippen molar-refractivity contribution in [1.29, 1.82) is 0 Å². The Morgan fingerprint density at radius 3 is 3.07 bits per heavy atom. The number of nitrogens with one attached hydrogen (secondary N) is 2. The maximum absolute atomic E-state index is 5.56. The fourth-order valence-electron chi connectivity index (χ4n) is 1.45. The zero-order valence-corrected chi connectivity index (χ0v) is 8.07. The number of rotatable bonds is 3. The number of morpholine rings is 1. The zero-order chi connectivity index (χ0) is 9.64. The van der Waals surface area contributed by atoms with Gasteiger partial charge in [0, 0.05) is 37.7 Å². The highest BCUT2D eigenvalue weighted by Crippen LogP contribution is 2.04. The fraction of sp³-hybridized carbons (Fsp3) is 0.500. The van der Waals surface area contributed by atoms with Gasteiger partial charge in [-0.15, -0.1) is 0 Å². The number of hydrogen-bond donors (Lipinski definition) is 2. The molecule has 1 atom stereocenters. The van der Waals surface area contributed by atoms with Gasteiger partial charge in [-0.3, -0.25) is 4.98 Å². The van der Waals surface area contributed by atoms with Crippen LogP contribution in [0.1, 0.15) is 0 Å². The maximum Gasteiger partial charge on any atom is 0.0872 e. The van der Waals surface area contributed by atoms with Gasteiger partial charge in [0.2, 0.25) is 0 Å². The predicted molar refractivity (Wildman–Crippen MR) is 55.3 cm³/mol. The summed E-state index contributed by atoms with van der Waals surface area (Å²) in [5.41, 5.74) is 1.09. The van der Waals surface area contributed by atoms with Gasteiger partial charge in [0.05, 0.1) is 12.7 Å². The molecule has 2 N–H and O–H groups in total. The molecule has 14 heavy (non-hydrogen) atoms. The predicted octanol–water partition coefficient (Wildman–Crippen LogP) is 0.482. The molecule has 1 saturated heterocycles. The summed E-state index contributed by atoms with van der Waals surface area (Å²) >= 11 is 0. The van der Waals surface area contributed by atoms with Crippen LogP contribution in [0.3, 0.4) is 0 Å². The highest BCUT2D eigenvalue weighted by atomic mass is 16.5. The quantitative estimate of drug-likeness (QED) is 0.733. The maximum atomic E-state index is 5.56. The monoisotopic (exact) mass is 193 g/mol. The molecule has 1 aromatic heterocycles. The number of ether oxygens (including phenoxy) is 1. The average molecular weight is 193 g/mol. The van der Waals surface area contributed by atoms with Crippen LogP contribution in [0, 0.1) is 0 Å². The molecule has 4 nitrogen and oxygen atoms in total. The molecule has 0 bridgehead atoms. The van der Waals surface area contributed by atoms with Gasteiger partial charge in [-0.2, -0.15) is 0 Å². The van der Waals surface area contributed by atoms with Crippen LogP contribution in [0.4, 0.5) is 5.69 Å². The van der Waals surface area contributed by atoms with Crippen molar-refractivity contribution in [3.63, 3.8) is 0 Å². The van der Waals surface area contributed by atoms with Crippen molar-refractivity contribution in [2.24, 2.45) is 0 Å². The van der Waals surface area contributed by atoms with Gasteiger partial charge in [0.1, 0.15) is 0 Å². The molecule has 0 amide bonds. The Bertz CT molecular complexity index is 259. The molecule has 1 aromatic rings. The number of aromatic nitrogens is 1. The van der Waals surface area contributed by atoms with E-state index in [1.165, 1.54) is 0 Å². The third kappa shape index (κ3) is 2.68. The molecule has 2 rings (SSSR count). The van der Waals surface area contributed by atoms with Gasteiger partial charge >= 0.3 is 0 Å². The van der Waals surface area contributed by atoms with Crippen molar-refractivity contribution in [3.8, 4) is 0 Å². The Morgan fingerprint density at radius 2 is 2.36 bits per heavy atom. The van der Waals surface area contributed by atoms with Crippen LogP contribution in [-0.4, -0.2) is 37.3 Å². The van der Waals surface area contributed by atoms with E-state index in [9.17, 15) is 0 Å². The lowest BCUT2D eigenvalue weighted by atomic mass is 10.3. The molecule has 0 spiro atoms. The zero-order valence-electron chi connectivity index (χ0n) is 8.07. The van der Waals surface area contributed by atoms with E-state index >= 15 is 0 Å². The molecule has 4 heteroatoms. The summed E-state index contributed by atoms with van der Waals surface area (Å²) in [6.07, 6.45) is 3.84. The summed E-state index contributed by atoms with van der Waals surface area (Å²) < 4.78 is 5.56. The van der Waals surface area contributed by atoms with Gasteiger partial charge in [0.25, 0.3) is 0 Å². The molecule has 2 heterocycles. The van der Waals surface area contributed by atoms with E-state index in [0.29, 0.717) is 0 Å². The Morgan fingerprint density at radius 1 is 1.50 bits per heavy atom. The summed E-state index contributed by atoms with van der Waals surface area (Å²) in [5, 5.41) is 6.60. The summed E-state index contributed by atoms with van der Waals surface area (Å²) in [6.45, 7) is 3.55. The van der Waals surface area contributed by atoms with Crippen molar-refractivity contribution in [2.75, 3.05) is 31.6 Å². The van der Waals surface area contributed by atoms with Gasteiger partial charge in [-0.1, -0.05) is 0 Å². The van der Waals surface area contributed by atoms with E-state index in [2.05, 4.69) is 15.6 Å². The lowest BCUT2D eigenvalue weighted by molar-refractivity contribution is 0.0372. The first kappa shape index (κ1) is 9.43. The van der Waals surface area contributed by atoms with Crippen LogP contribution < -0.4 is 10.6 Å². The van der Waals surface area contributed by atoms with E-state index in [1.807, 2.05) is 12.1 Å². The van der Waals surface area contributed by atoms with Gasteiger partial charge in [-0.05, 0) is 12.1 Å². The second-order valence-electron chi connectivity index (χ2n) is 3.31. The lowest BCUT2D eigenvalue weighted by Crippen LogP contribution is -2.42. The van der Waals surface area contributed by atoms with E-state index in [0.717, 1.165) is 31.9 Å². The molecule has 1 aliphatic rings. The number of pyridine rings is 1. The highest BCUT2D eigenvalue weighted by molar-refractivity contribution is 5.40. The lowest BCUT2D eigenvalue weighted by Gasteiger charge is -2.24. The molecule has 0 saturated carbocycles. The minimum absolute atomic E-state index is 0.275. The Labute approximate surface area is 83.7 Å². The third-order valence-corrected chi connectivity index (χ3v) is 2.22. The molecular formula is C10H15N3O. The van der Waals surface area contributed by atoms with Crippen LogP contribution in [0.25, 0.3) is 0 Å². The first-order valence-electron chi connectivity index (χ1n) is 4.91. The highest BCUT2D eigenvalue weighted by Gasteiger charge is 2.12. The third-order valence-electron chi connectivity index (χ3n) is 2.22. The summed E-state index contributed by atoms with van der Waals surface area (Å²) in [7, 11) is 0. The fourth-order valence-corrected chi connectivity index (χ4v) is 1.45. The second kappa shape index (κ2) is 4.93. The molecule has 0 aromatic carbocycles. The molecule has 1 aliphatic heterocycles. The van der Waals surface area contributed by atoms with E-state index in [1.54, 1.807) is 12.4 Å². The van der Waals surface area contributed by atoms with Crippen LogP contribution in [0.5, 0.6) is 0 Å². The molecular weight excluding hydrogens is 178 g/mol. The summed E-state index contributed by atoms with van der Waals surface area (Å²) in [5.74, 6) is 0. The van der Waals surface area contributed by atoms with E-state index < -0.39 is 0 Å². The number of anilines is 1. The van der Waals surface area contributed by atoms with E-state index in [4.69, 9.17) is 4.74 Å². The van der Waals surface area contributed by atoms with Crippen LogP contribution in [-0.2, 0) is 4.74 Å². The average Bonchev–Trinajstić information content (AvgIpc) is 2.29. The van der Waals surface area contributed by atoms with Gasteiger partial charge in [0.15, 0.2) is 0 Å². The SMILES string of the molecule is c1cc(NCC2CNCCO2)ccn1. The normalized spacial score (nSPS) is 21.9. The molecule has 0 radical (unpaired) electrons. The molecule has 76 valence electrons. The Balaban J connectivity index is 1.76. The van der Waals surface area contributed by atoms with Gasteiger partial charge < -0.3 is 15.4 Å². The van der Waals surface area contributed by atoms with Crippen molar-refractivity contribution in [3.05, 3.63) is 24.5 Å². The van der Waals surface area contributed by atoms with Crippen molar-refractivity contribution >= 4 is 5.69 Å². The van der Waals surface area contributed by atoms with Crippen LogP contribution >= 0.6 is 0 Å². The standard InChI is InChI=1S/C10H15N3O/c1-3-11-4-2-9(1)13-8-10-7-12-5-6-14-10/h1-4,10,12H,5-8H2,(H,11,13). The minimum Gasteiger partial charge on any atom is -0.382 e. The van der Waals surface area contributed by atoms with Crippen molar-refractivity contribution < 1.29 is 4.74 Å². The van der Waals surface area contributed by atoms with Crippen molar-refractivity contribution in [2.45, 2.75) is 6.10 Å². The second-order valence-corrected chi connectivity index (χ2v) is 3.31. The van der Waals surface area contributed by atoms with E-state index in [-0.39, 0.29) is 6.10 Å². The van der Waals surface area contributed by atoms with Crippen molar-refractivity contribution in [1.82, 2.24) is 10.3 Å². The van der Waals surface area contributed by atoms with Crippen LogP contribution in [0.15, 0.2) is 24.5 Å². The van der Waals surface area contributed by atoms with Crippen LogP contribution in [0.2, 0.25) is 0 Å². The minimum atomic E-state index is 0.275. The van der Waals surface area contributed by atoms with Gasteiger partial charge in [-0.25, -0.2) is 0 Å². The first-order chi connectivity index (χ1) is 6.95. The Hall–Kier alpha value is -1.13. The Kier molecular flexibility index (Phi) is 3.32. The first-order valence-corrected chi connectivity index (χ1v) is 4.91.